The monoisotopic (exact) mass is 316 g/mol. The van der Waals surface area contributed by atoms with Gasteiger partial charge in [-0.15, -0.1) is 0 Å². The summed E-state index contributed by atoms with van der Waals surface area (Å²) in [4.78, 5) is 17.3. The predicted octanol–water partition coefficient (Wildman–Crippen LogP) is 3.59. The van der Waals surface area contributed by atoms with Crippen molar-refractivity contribution in [2.75, 3.05) is 19.6 Å². The fourth-order valence-corrected chi connectivity index (χ4v) is 3.78. The van der Waals surface area contributed by atoms with Gasteiger partial charge in [-0.3, -0.25) is 9.69 Å². The number of piperazine rings is 1. The van der Waals surface area contributed by atoms with Crippen LogP contribution in [-0.2, 0) is 11.2 Å². The van der Waals surface area contributed by atoms with Crippen LogP contribution < -0.4 is 0 Å². The summed E-state index contributed by atoms with van der Waals surface area (Å²) in [6.07, 6.45) is 2.98. The lowest BCUT2D eigenvalue weighted by Crippen LogP contribution is -2.59. The van der Waals surface area contributed by atoms with Crippen molar-refractivity contribution in [3.8, 4) is 0 Å². The van der Waals surface area contributed by atoms with Gasteiger partial charge in [-0.25, -0.2) is 0 Å². The van der Waals surface area contributed by atoms with Crippen molar-refractivity contribution in [3.63, 3.8) is 0 Å². The van der Waals surface area contributed by atoms with E-state index in [9.17, 15) is 4.79 Å². The first-order valence-corrected chi connectivity index (χ1v) is 9.15. The van der Waals surface area contributed by atoms with Gasteiger partial charge >= 0.3 is 0 Å². The first-order chi connectivity index (χ1) is 11.1. The lowest BCUT2D eigenvalue weighted by molar-refractivity contribution is -0.140. The van der Waals surface area contributed by atoms with E-state index in [0.717, 1.165) is 38.9 Å². The average Bonchev–Trinajstić information content (AvgIpc) is 2.56. The maximum atomic E-state index is 12.6. The van der Waals surface area contributed by atoms with Crippen LogP contribution in [-0.4, -0.2) is 47.4 Å². The molecular weight excluding hydrogens is 284 g/mol. The third kappa shape index (κ3) is 4.57. The van der Waals surface area contributed by atoms with Crippen molar-refractivity contribution in [2.24, 2.45) is 5.92 Å². The Morgan fingerprint density at radius 1 is 1.09 bits per heavy atom. The number of rotatable bonds is 6. The largest absolute Gasteiger partial charge is 0.339 e. The second-order valence-corrected chi connectivity index (χ2v) is 6.93. The zero-order valence-corrected chi connectivity index (χ0v) is 15.2. The second kappa shape index (κ2) is 8.49. The molecule has 2 unspecified atom stereocenters. The fourth-order valence-electron chi connectivity index (χ4n) is 3.78. The Balaban J connectivity index is 1.93. The SMILES string of the molecule is CCC(CC)C(=O)N1CC(C)N(CCc2ccccc2)C(C)C1. The van der Waals surface area contributed by atoms with Crippen LogP contribution in [0.2, 0.25) is 0 Å². The molecule has 1 aromatic rings. The molecule has 0 saturated carbocycles. The number of hydrogen-bond acceptors (Lipinski definition) is 2. The zero-order valence-electron chi connectivity index (χ0n) is 15.2. The number of benzene rings is 1. The topological polar surface area (TPSA) is 23.6 Å². The standard InChI is InChI=1S/C20H32N2O/c1-5-19(6-2)20(23)21-14-16(3)22(17(4)15-21)13-12-18-10-8-7-9-11-18/h7-11,16-17,19H,5-6,12-15H2,1-4H3. The second-order valence-electron chi connectivity index (χ2n) is 6.93. The van der Waals surface area contributed by atoms with Crippen LogP contribution in [0, 0.1) is 5.92 Å². The summed E-state index contributed by atoms with van der Waals surface area (Å²) in [5, 5.41) is 0. The molecule has 3 heteroatoms. The van der Waals surface area contributed by atoms with E-state index >= 15 is 0 Å². The average molecular weight is 316 g/mol. The summed E-state index contributed by atoms with van der Waals surface area (Å²) >= 11 is 0. The molecular formula is C20H32N2O. The van der Waals surface area contributed by atoms with Gasteiger partial charge in [-0.05, 0) is 38.7 Å². The van der Waals surface area contributed by atoms with Crippen LogP contribution in [0.15, 0.2) is 30.3 Å². The molecule has 0 aliphatic carbocycles. The van der Waals surface area contributed by atoms with E-state index in [2.05, 4.69) is 67.8 Å². The summed E-state index contributed by atoms with van der Waals surface area (Å²) < 4.78 is 0. The van der Waals surface area contributed by atoms with Crippen LogP contribution >= 0.6 is 0 Å². The molecule has 1 saturated heterocycles. The van der Waals surface area contributed by atoms with E-state index in [1.54, 1.807) is 0 Å². The van der Waals surface area contributed by atoms with Crippen LogP contribution in [0.1, 0.15) is 46.1 Å². The van der Waals surface area contributed by atoms with Crippen molar-refractivity contribution in [2.45, 2.75) is 59.0 Å². The number of amides is 1. The molecule has 2 atom stereocenters. The molecule has 128 valence electrons. The third-order valence-electron chi connectivity index (χ3n) is 5.25. The maximum Gasteiger partial charge on any atom is 0.225 e. The molecule has 0 radical (unpaired) electrons. The smallest absolute Gasteiger partial charge is 0.225 e. The van der Waals surface area contributed by atoms with E-state index in [1.807, 2.05) is 0 Å². The van der Waals surface area contributed by atoms with Crippen molar-refractivity contribution in [1.82, 2.24) is 9.80 Å². The highest BCUT2D eigenvalue weighted by Gasteiger charge is 2.33. The molecule has 0 aromatic heterocycles. The van der Waals surface area contributed by atoms with Gasteiger partial charge in [0, 0.05) is 37.6 Å². The molecule has 1 aliphatic rings. The van der Waals surface area contributed by atoms with Crippen molar-refractivity contribution in [3.05, 3.63) is 35.9 Å². The van der Waals surface area contributed by atoms with Crippen LogP contribution in [0.25, 0.3) is 0 Å². The summed E-state index contributed by atoms with van der Waals surface area (Å²) in [6, 6.07) is 11.5. The van der Waals surface area contributed by atoms with Gasteiger partial charge < -0.3 is 4.90 Å². The molecule has 1 heterocycles. The zero-order chi connectivity index (χ0) is 16.8. The highest BCUT2D eigenvalue weighted by molar-refractivity contribution is 5.79. The number of carbonyl (C=O) groups is 1. The number of hydrogen-bond donors (Lipinski definition) is 0. The van der Waals surface area contributed by atoms with Gasteiger partial charge in [0.2, 0.25) is 5.91 Å². The summed E-state index contributed by atoms with van der Waals surface area (Å²) in [6.45, 7) is 11.6. The van der Waals surface area contributed by atoms with Gasteiger partial charge in [0.05, 0.1) is 0 Å². The molecule has 3 nitrogen and oxygen atoms in total. The van der Waals surface area contributed by atoms with Gasteiger partial charge in [-0.1, -0.05) is 44.2 Å². The molecule has 1 aliphatic heterocycles. The fraction of sp³-hybridized carbons (Fsp3) is 0.650. The lowest BCUT2D eigenvalue weighted by atomic mass is 9.99. The molecule has 0 spiro atoms. The highest BCUT2D eigenvalue weighted by atomic mass is 16.2. The first kappa shape index (κ1) is 18.0. The summed E-state index contributed by atoms with van der Waals surface area (Å²) in [5.41, 5.74) is 1.39. The highest BCUT2D eigenvalue weighted by Crippen LogP contribution is 2.20. The molecule has 1 fully saturated rings. The Kier molecular flexibility index (Phi) is 6.64. The van der Waals surface area contributed by atoms with Gasteiger partial charge in [0.1, 0.15) is 0 Å². The quantitative estimate of drug-likeness (QED) is 0.801. The Morgan fingerprint density at radius 3 is 2.17 bits per heavy atom. The molecule has 23 heavy (non-hydrogen) atoms. The molecule has 0 bridgehead atoms. The van der Waals surface area contributed by atoms with E-state index in [-0.39, 0.29) is 5.92 Å². The van der Waals surface area contributed by atoms with Gasteiger partial charge in [0.15, 0.2) is 0 Å². The van der Waals surface area contributed by atoms with Crippen LogP contribution in [0.4, 0.5) is 0 Å². The Labute approximate surface area is 141 Å². The predicted molar refractivity (Wildman–Crippen MR) is 96.4 cm³/mol. The van der Waals surface area contributed by atoms with Crippen LogP contribution in [0.5, 0.6) is 0 Å². The van der Waals surface area contributed by atoms with E-state index in [1.165, 1.54) is 5.56 Å². The lowest BCUT2D eigenvalue weighted by Gasteiger charge is -2.45. The van der Waals surface area contributed by atoms with Gasteiger partial charge in [0.25, 0.3) is 0 Å². The minimum absolute atomic E-state index is 0.199. The third-order valence-corrected chi connectivity index (χ3v) is 5.25. The van der Waals surface area contributed by atoms with Crippen molar-refractivity contribution >= 4 is 5.91 Å². The Hall–Kier alpha value is -1.35. The van der Waals surface area contributed by atoms with Crippen molar-refractivity contribution < 1.29 is 4.79 Å². The molecule has 1 aromatic carbocycles. The number of carbonyl (C=O) groups excluding carboxylic acids is 1. The normalized spacial score (nSPS) is 22.6. The first-order valence-electron chi connectivity index (χ1n) is 9.15. The van der Waals surface area contributed by atoms with Crippen molar-refractivity contribution in [1.29, 1.82) is 0 Å². The van der Waals surface area contributed by atoms with Gasteiger partial charge in [-0.2, -0.15) is 0 Å². The van der Waals surface area contributed by atoms with E-state index in [4.69, 9.17) is 0 Å². The minimum Gasteiger partial charge on any atom is -0.339 e. The van der Waals surface area contributed by atoms with E-state index < -0.39 is 0 Å². The summed E-state index contributed by atoms with van der Waals surface area (Å²) in [5.74, 6) is 0.557. The van der Waals surface area contributed by atoms with E-state index in [0.29, 0.717) is 18.0 Å². The Bertz CT molecular complexity index is 472. The minimum atomic E-state index is 0.199. The Morgan fingerprint density at radius 2 is 1.65 bits per heavy atom. The maximum absolute atomic E-state index is 12.6. The molecule has 2 rings (SSSR count). The molecule has 0 N–H and O–H groups in total. The number of nitrogens with zero attached hydrogens (tertiary/aromatic N) is 2. The summed E-state index contributed by atoms with van der Waals surface area (Å²) in [7, 11) is 0. The van der Waals surface area contributed by atoms with Crippen LogP contribution in [0.3, 0.4) is 0 Å². The molecule has 1 amide bonds.